The Morgan fingerprint density at radius 2 is 1.76 bits per heavy atom. The lowest BCUT2D eigenvalue weighted by Crippen LogP contribution is -2.17. The fourth-order valence-electron chi connectivity index (χ4n) is 4.09. The van der Waals surface area contributed by atoms with E-state index in [-0.39, 0.29) is 31.9 Å². The smallest absolute Gasteiger partial charge is 0.365 e. The van der Waals surface area contributed by atoms with Gasteiger partial charge in [-0.2, -0.15) is 23.4 Å². The van der Waals surface area contributed by atoms with E-state index in [1.54, 1.807) is 14.0 Å². The Kier molecular flexibility index (Phi) is 6.67. The zero-order valence-electron chi connectivity index (χ0n) is 20.6. The van der Waals surface area contributed by atoms with Crippen LogP contribution in [0.1, 0.15) is 55.8 Å². The Morgan fingerprint density at radius 3 is 2.32 bits per heavy atom. The number of hydrogen-bond donors (Lipinski definition) is 2. The van der Waals surface area contributed by atoms with Gasteiger partial charge in [-0.1, -0.05) is 0 Å². The Bertz CT molecular complexity index is 1860. The first-order valence-corrected chi connectivity index (χ1v) is 12.1. The molecule has 0 saturated heterocycles. The number of aryl methyl sites for hydroxylation is 1. The molecule has 0 radical (unpaired) electrons. The predicted molar refractivity (Wildman–Crippen MR) is 131 cm³/mol. The number of halogens is 7. The van der Waals surface area contributed by atoms with Gasteiger partial charge in [0.1, 0.15) is 26.8 Å². The molecule has 18 heteroatoms. The Labute approximate surface area is 227 Å². The molecule has 0 atom stereocenters. The Balaban J connectivity index is 1.70. The van der Waals surface area contributed by atoms with E-state index >= 15 is 0 Å². The van der Waals surface area contributed by atoms with Crippen molar-refractivity contribution in [1.82, 2.24) is 29.4 Å². The second-order valence-corrected chi connectivity index (χ2v) is 9.63. The molecular weight excluding hydrogens is 585 g/mol. The maximum absolute atomic E-state index is 13.7. The summed E-state index contributed by atoms with van der Waals surface area (Å²) in [5.41, 5.74) is 1.48. The van der Waals surface area contributed by atoms with Crippen LogP contribution in [0.5, 0.6) is 0 Å². The van der Waals surface area contributed by atoms with Crippen LogP contribution in [-0.2, 0) is 13.2 Å². The summed E-state index contributed by atoms with van der Waals surface area (Å²) in [6.45, 7) is 1.58. The number of rotatable bonds is 6. The number of anilines is 1. The number of carbonyl (C=O) groups is 2. The van der Waals surface area contributed by atoms with Gasteiger partial charge in [0.15, 0.2) is 11.3 Å². The minimum atomic E-state index is -4.87. The monoisotopic (exact) mass is 600 g/mol. The zero-order chi connectivity index (χ0) is 30.0. The highest BCUT2D eigenvalue weighted by Crippen LogP contribution is 2.44. The molecule has 41 heavy (non-hydrogen) atoms. The van der Waals surface area contributed by atoms with Crippen LogP contribution in [0.4, 0.5) is 36.4 Å². The molecule has 5 aromatic heterocycles. The molecular formula is C23H15F7N8O2S. The normalized spacial score (nSPS) is 12.3. The van der Waals surface area contributed by atoms with Gasteiger partial charge in [0.25, 0.3) is 24.7 Å². The SMILES string of the molecule is Cc1c(-c2cc(C(F)(F)F)nc3sc(C(N)=O)c(NC(=O)c4cc5nc(C(F)F)cc(C(F)F)n5n4)c23)cnn1C. The first-order valence-electron chi connectivity index (χ1n) is 11.3. The van der Waals surface area contributed by atoms with E-state index in [1.165, 1.54) is 10.9 Å². The summed E-state index contributed by atoms with van der Waals surface area (Å²) in [6.07, 6.45) is -10.0. The number of nitrogens with one attached hydrogen (secondary N) is 1. The standard InChI is InChI=1S/C23H15F7N8O2S/c1-7-9(6-32-37(7)2)8-3-13(23(28,29)30)34-22-15(8)16(17(41-22)20(31)39)35-21(40)11-5-14-33-10(18(24)25)4-12(19(26)27)38(14)36-11/h3-6,18-19H,1-2H3,(H2,31,39)(H,35,40). The average molecular weight is 600 g/mol. The predicted octanol–water partition coefficient (Wildman–Crippen LogP) is 5.29. The maximum Gasteiger partial charge on any atom is 0.433 e. The minimum Gasteiger partial charge on any atom is -0.365 e. The Hall–Kier alpha value is -4.61. The molecule has 3 N–H and O–H groups in total. The highest BCUT2D eigenvalue weighted by Gasteiger charge is 2.35. The van der Waals surface area contributed by atoms with Gasteiger partial charge in [-0.25, -0.2) is 32.0 Å². The third kappa shape index (κ3) is 4.83. The second-order valence-electron chi connectivity index (χ2n) is 8.63. The molecule has 5 rings (SSSR count). The summed E-state index contributed by atoms with van der Waals surface area (Å²) < 4.78 is 96.6. The lowest BCUT2D eigenvalue weighted by molar-refractivity contribution is -0.140. The van der Waals surface area contributed by atoms with Crippen molar-refractivity contribution in [2.75, 3.05) is 5.32 Å². The zero-order valence-corrected chi connectivity index (χ0v) is 21.4. The van der Waals surface area contributed by atoms with Crippen LogP contribution in [0.15, 0.2) is 24.4 Å². The maximum atomic E-state index is 13.7. The summed E-state index contributed by atoms with van der Waals surface area (Å²) >= 11 is 0.489. The fraction of sp³-hybridized carbons (Fsp3) is 0.217. The molecule has 0 aliphatic heterocycles. The van der Waals surface area contributed by atoms with Gasteiger partial charge >= 0.3 is 6.18 Å². The molecule has 5 heterocycles. The van der Waals surface area contributed by atoms with Crippen molar-refractivity contribution in [2.24, 2.45) is 12.8 Å². The molecule has 0 saturated carbocycles. The van der Waals surface area contributed by atoms with Crippen molar-refractivity contribution in [3.05, 3.63) is 57.7 Å². The summed E-state index contributed by atoms with van der Waals surface area (Å²) in [6, 6.07) is 2.04. The lowest BCUT2D eigenvalue weighted by atomic mass is 10.0. The van der Waals surface area contributed by atoms with Gasteiger partial charge in [-0.15, -0.1) is 11.3 Å². The second kappa shape index (κ2) is 9.79. The highest BCUT2D eigenvalue weighted by atomic mass is 32.1. The first kappa shape index (κ1) is 27.9. The quantitative estimate of drug-likeness (QED) is 0.255. The molecule has 0 spiro atoms. The summed E-state index contributed by atoms with van der Waals surface area (Å²) in [7, 11) is 1.55. The van der Waals surface area contributed by atoms with Gasteiger partial charge in [-0.3, -0.25) is 14.3 Å². The number of nitrogens with two attached hydrogens (primary N) is 1. The van der Waals surface area contributed by atoms with Gasteiger partial charge in [0.2, 0.25) is 0 Å². The largest absolute Gasteiger partial charge is 0.433 e. The number of amides is 2. The van der Waals surface area contributed by atoms with Crippen LogP contribution in [0.2, 0.25) is 0 Å². The number of carbonyl (C=O) groups excluding carboxylic acids is 2. The number of pyridine rings is 1. The van der Waals surface area contributed by atoms with Crippen LogP contribution in [0.3, 0.4) is 0 Å². The molecule has 214 valence electrons. The van der Waals surface area contributed by atoms with Crippen molar-refractivity contribution in [1.29, 1.82) is 0 Å². The van der Waals surface area contributed by atoms with Crippen LogP contribution in [0.25, 0.3) is 27.0 Å². The minimum absolute atomic E-state index is 0.0728. The van der Waals surface area contributed by atoms with Crippen molar-refractivity contribution in [3.8, 4) is 11.1 Å². The van der Waals surface area contributed by atoms with Gasteiger partial charge in [-0.05, 0) is 24.6 Å². The molecule has 0 fully saturated rings. The number of hydrogen-bond acceptors (Lipinski definition) is 7. The van der Waals surface area contributed by atoms with E-state index in [1.807, 2.05) is 0 Å². The van der Waals surface area contributed by atoms with E-state index in [2.05, 4.69) is 25.5 Å². The van der Waals surface area contributed by atoms with Crippen LogP contribution in [-0.4, -0.2) is 41.2 Å². The molecule has 0 aromatic carbocycles. The molecule has 0 aliphatic rings. The van der Waals surface area contributed by atoms with Gasteiger partial charge < -0.3 is 11.1 Å². The fourth-order valence-corrected chi connectivity index (χ4v) is 5.09. The van der Waals surface area contributed by atoms with Crippen molar-refractivity contribution in [3.63, 3.8) is 0 Å². The topological polar surface area (TPSA) is 133 Å². The van der Waals surface area contributed by atoms with Crippen molar-refractivity contribution in [2.45, 2.75) is 26.0 Å². The van der Waals surface area contributed by atoms with E-state index in [4.69, 9.17) is 5.73 Å². The number of fused-ring (bicyclic) bond motifs is 2. The molecule has 10 nitrogen and oxygen atoms in total. The van der Waals surface area contributed by atoms with Gasteiger partial charge in [0.05, 0.1) is 11.9 Å². The molecule has 2 amide bonds. The summed E-state index contributed by atoms with van der Waals surface area (Å²) in [4.78, 5) is 32.1. The van der Waals surface area contributed by atoms with Crippen molar-refractivity contribution < 1.29 is 40.3 Å². The lowest BCUT2D eigenvalue weighted by Gasteiger charge is -2.12. The average Bonchev–Trinajstić information content (AvgIpc) is 3.58. The van der Waals surface area contributed by atoms with Gasteiger partial charge in [0, 0.05) is 29.8 Å². The van der Waals surface area contributed by atoms with Crippen LogP contribution in [0, 0.1) is 6.92 Å². The Morgan fingerprint density at radius 1 is 1.05 bits per heavy atom. The van der Waals surface area contributed by atoms with Crippen molar-refractivity contribution >= 4 is 44.7 Å². The van der Waals surface area contributed by atoms with E-state index in [9.17, 15) is 40.3 Å². The molecule has 0 unspecified atom stereocenters. The third-order valence-electron chi connectivity index (χ3n) is 6.09. The number of aromatic nitrogens is 6. The summed E-state index contributed by atoms with van der Waals surface area (Å²) in [5, 5.41) is 10.1. The van der Waals surface area contributed by atoms with E-state index in [0.717, 1.165) is 12.1 Å². The number of thiophene rings is 1. The number of primary amides is 1. The van der Waals surface area contributed by atoms with Crippen LogP contribution < -0.4 is 11.1 Å². The molecule has 5 aromatic rings. The van der Waals surface area contributed by atoms with E-state index < -0.39 is 59.3 Å². The third-order valence-corrected chi connectivity index (χ3v) is 7.19. The number of alkyl halides is 7. The van der Waals surface area contributed by atoms with E-state index in [0.29, 0.717) is 27.6 Å². The summed E-state index contributed by atoms with van der Waals surface area (Å²) in [5.74, 6) is -2.23. The molecule has 0 bridgehead atoms. The van der Waals surface area contributed by atoms with Crippen LogP contribution >= 0.6 is 11.3 Å². The molecule has 0 aliphatic carbocycles. The first-order chi connectivity index (χ1) is 19.2. The number of nitrogens with zero attached hydrogens (tertiary/aromatic N) is 6. The highest BCUT2D eigenvalue weighted by molar-refractivity contribution is 7.21.